The van der Waals surface area contributed by atoms with E-state index in [0.717, 1.165) is 19.6 Å². The van der Waals surface area contributed by atoms with E-state index < -0.39 is 22.1 Å². The van der Waals surface area contributed by atoms with Gasteiger partial charge in [0.1, 0.15) is 0 Å². The Kier molecular flexibility index (Phi) is 5.59. The fourth-order valence-corrected chi connectivity index (χ4v) is 4.31. The molecule has 2 aliphatic heterocycles. The summed E-state index contributed by atoms with van der Waals surface area (Å²) in [4.78, 5) is 13.2. The van der Waals surface area contributed by atoms with Gasteiger partial charge in [0.15, 0.2) is 0 Å². The van der Waals surface area contributed by atoms with E-state index >= 15 is 0 Å². The molecule has 0 atom stereocenters. The number of carboxylic acids is 1. The summed E-state index contributed by atoms with van der Waals surface area (Å²) >= 11 is 0. The zero-order chi connectivity index (χ0) is 15.5. The van der Waals surface area contributed by atoms with E-state index in [4.69, 9.17) is 5.11 Å². The number of nitrogens with zero attached hydrogens (tertiary/aromatic N) is 3. The largest absolute Gasteiger partial charge is 0.481 e. The number of carboxylic acid groups (broad SMARTS) is 1. The number of likely N-dealkylation sites (tertiary alicyclic amines) is 1. The molecular formula is C13H25N3O4S. The number of carbonyl (C=O) groups is 1. The van der Waals surface area contributed by atoms with Crippen molar-refractivity contribution in [3.8, 4) is 0 Å². The molecule has 1 N–H and O–H groups in total. The number of aliphatic carboxylic acids is 1. The maximum absolute atomic E-state index is 12.5. The van der Waals surface area contributed by atoms with E-state index in [0.29, 0.717) is 32.5 Å². The molecule has 0 bridgehead atoms. The van der Waals surface area contributed by atoms with Crippen LogP contribution in [-0.4, -0.2) is 79.3 Å². The third kappa shape index (κ3) is 4.15. The third-order valence-electron chi connectivity index (χ3n) is 4.45. The zero-order valence-electron chi connectivity index (χ0n) is 12.6. The molecule has 0 radical (unpaired) electrons. The van der Waals surface area contributed by atoms with Gasteiger partial charge in [-0.2, -0.15) is 17.0 Å². The lowest BCUT2D eigenvalue weighted by Gasteiger charge is -2.32. The average molecular weight is 319 g/mol. The molecule has 0 aliphatic carbocycles. The van der Waals surface area contributed by atoms with Crippen LogP contribution in [0.2, 0.25) is 0 Å². The minimum absolute atomic E-state index is 0.299. The van der Waals surface area contributed by atoms with Crippen LogP contribution in [0, 0.1) is 5.92 Å². The van der Waals surface area contributed by atoms with Crippen LogP contribution >= 0.6 is 0 Å². The Morgan fingerprint density at radius 1 is 1.19 bits per heavy atom. The molecule has 2 heterocycles. The molecule has 2 aliphatic rings. The normalized spacial score (nSPS) is 23.0. The van der Waals surface area contributed by atoms with Crippen LogP contribution in [0.15, 0.2) is 0 Å². The predicted molar refractivity (Wildman–Crippen MR) is 79.2 cm³/mol. The quantitative estimate of drug-likeness (QED) is 0.748. The summed E-state index contributed by atoms with van der Waals surface area (Å²) < 4.78 is 27.7. The topological polar surface area (TPSA) is 81.2 Å². The highest BCUT2D eigenvalue weighted by atomic mass is 32.2. The number of hydrogen-bond donors (Lipinski definition) is 1. The smallest absolute Gasteiger partial charge is 0.306 e. The molecule has 0 aromatic heterocycles. The number of hydrogen-bond acceptors (Lipinski definition) is 4. The Balaban J connectivity index is 1.84. The maximum atomic E-state index is 12.5. The van der Waals surface area contributed by atoms with E-state index in [-0.39, 0.29) is 0 Å². The summed E-state index contributed by atoms with van der Waals surface area (Å²) in [6.07, 6.45) is 3.18. The van der Waals surface area contributed by atoms with Crippen molar-refractivity contribution in [1.29, 1.82) is 0 Å². The molecule has 2 rings (SSSR count). The maximum Gasteiger partial charge on any atom is 0.306 e. The minimum atomic E-state index is -3.46. The lowest BCUT2D eigenvalue weighted by atomic mass is 9.99. The Bertz CT molecular complexity index is 454. The summed E-state index contributed by atoms with van der Waals surface area (Å²) in [7, 11) is -1.85. The highest BCUT2D eigenvalue weighted by Gasteiger charge is 2.33. The summed E-state index contributed by atoms with van der Waals surface area (Å²) in [6.45, 7) is 3.96. The molecule has 0 amide bonds. The number of piperidine rings is 1. The van der Waals surface area contributed by atoms with E-state index in [1.807, 2.05) is 0 Å². The van der Waals surface area contributed by atoms with E-state index in [1.165, 1.54) is 21.5 Å². The molecule has 2 fully saturated rings. The van der Waals surface area contributed by atoms with Gasteiger partial charge in [-0.3, -0.25) is 4.79 Å². The van der Waals surface area contributed by atoms with Crippen molar-refractivity contribution in [1.82, 2.24) is 13.5 Å². The molecule has 8 heteroatoms. The number of likely N-dealkylation sites (N-methyl/N-ethyl adjacent to an activating group) is 1. The van der Waals surface area contributed by atoms with E-state index in [1.54, 1.807) is 7.05 Å². The first kappa shape index (κ1) is 16.7. The van der Waals surface area contributed by atoms with Gasteiger partial charge in [0.05, 0.1) is 5.92 Å². The van der Waals surface area contributed by atoms with Gasteiger partial charge in [0.2, 0.25) is 0 Å². The Morgan fingerprint density at radius 3 is 2.29 bits per heavy atom. The second-order valence-corrected chi connectivity index (χ2v) is 7.93. The van der Waals surface area contributed by atoms with Crippen molar-refractivity contribution in [2.45, 2.75) is 25.7 Å². The SMILES string of the molecule is CN(CCN1CCCC1)S(=O)(=O)N1CCC(C(=O)O)CC1. The summed E-state index contributed by atoms with van der Waals surface area (Å²) in [5.41, 5.74) is 0. The van der Waals surface area contributed by atoms with Crippen molar-refractivity contribution >= 4 is 16.2 Å². The summed E-state index contributed by atoms with van der Waals surface area (Å²) in [5.74, 6) is -1.24. The van der Waals surface area contributed by atoms with Gasteiger partial charge in [0.25, 0.3) is 10.2 Å². The standard InChI is InChI=1S/C13H25N3O4S/c1-14(10-11-15-6-2-3-7-15)21(19,20)16-8-4-12(5-9-16)13(17)18/h12H,2-11H2,1H3,(H,17,18). The second kappa shape index (κ2) is 7.04. The molecule has 0 unspecified atom stereocenters. The van der Waals surface area contributed by atoms with Crippen molar-refractivity contribution in [2.75, 3.05) is 46.3 Å². The van der Waals surface area contributed by atoms with Crippen LogP contribution in [0.25, 0.3) is 0 Å². The summed E-state index contributed by atoms with van der Waals surface area (Å²) in [5, 5.41) is 8.96. The van der Waals surface area contributed by atoms with E-state index in [9.17, 15) is 13.2 Å². The highest BCUT2D eigenvalue weighted by Crippen LogP contribution is 2.21. The van der Waals surface area contributed by atoms with Crippen LogP contribution < -0.4 is 0 Å². The first-order chi connectivity index (χ1) is 9.91. The van der Waals surface area contributed by atoms with Crippen molar-refractivity contribution < 1.29 is 18.3 Å². The van der Waals surface area contributed by atoms with Crippen LogP contribution in [0.3, 0.4) is 0 Å². The molecule has 122 valence electrons. The van der Waals surface area contributed by atoms with Gasteiger partial charge in [0, 0.05) is 33.2 Å². The Morgan fingerprint density at radius 2 is 1.76 bits per heavy atom. The second-order valence-electron chi connectivity index (χ2n) is 5.89. The highest BCUT2D eigenvalue weighted by molar-refractivity contribution is 7.86. The fourth-order valence-electron chi connectivity index (χ4n) is 2.93. The summed E-state index contributed by atoms with van der Waals surface area (Å²) in [6, 6.07) is 0. The molecule has 0 aromatic rings. The zero-order valence-corrected chi connectivity index (χ0v) is 13.4. The van der Waals surface area contributed by atoms with E-state index in [2.05, 4.69) is 4.90 Å². The first-order valence-electron chi connectivity index (χ1n) is 7.58. The molecule has 21 heavy (non-hydrogen) atoms. The van der Waals surface area contributed by atoms with Gasteiger partial charge in [-0.15, -0.1) is 0 Å². The minimum Gasteiger partial charge on any atom is -0.481 e. The van der Waals surface area contributed by atoms with Gasteiger partial charge in [-0.25, -0.2) is 0 Å². The van der Waals surface area contributed by atoms with Gasteiger partial charge in [-0.05, 0) is 38.8 Å². The monoisotopic (exact) mass is 319 g/mol. The third-order valence-corrected chi connectivity index (χ3v) is 6.44. The molecule has 0 saturated carbocycles. The molecule has 7 nitrogen and oxygen atoms in total. The van der Waals surface area contributed by atoms with Crippen LogP contribution in [0.4, 0.5) is 0 Å². The van der Waals surface area contributed by atoms with Crippen molar-refractivity contribution in [3.05, 3.63) is 0 Å². The lowest BCUT2D eigenvalue weighted by molar-refractivity contribution is -0.142. The van der Waals surface area contributed by atoms with Crippen LogP contribution in [0.5, 0.6) is 0 Å². The van der Waals surface area contributed by atoms with Crippen molar-refractivity contribution in [3.63, 3.8) is 0 Å². The first-order valence-corrected chi connectivity index (χ1v) is 8.97. The Hall–Kier alpha value is -0.700. The van der Waals surface area contributed by atoms with Gasteiger partial charge >= 0.3 is 5.97 Å². The van der Waals surface area contributed by atoms with Crippen LogP contribution in [0.1, 0.15) is 25.7 Å². The number of rotatable bonds is 6. The Labute approximate surface area is 126 Å². The van der Waals surface area contributed by atoms with Crippen molar-refractivity contribution in [2.24, 2.45) is 5.92 Å². The molecule has 2 saturated heterocycles. The predicted octanol–water partition coefficient (Wildman–Crippen LogP) is 0.0554. The molecular weight excluding hydrogens is 294 g/mol. The molecule has 0 aromatic carbocycles. The average Bonchev–Trinajstić information content (AvgIpc) is 2.98. The van der Waals surface area contributed by atoms with Gasteiger partial charge < -0.3 is 10.0 Å². The molecule has 0 spiro atoms. The lowest BCUT2D eigenvalue weighted by Crippen LogP contribution is -2.48. The van der Waals surface area contributed by atoms with Crippen LogP contribution in [-0.2, 0) is 15.0 Å². The van der Waals surface area contributed by atoms with Gasteiger partial charge in [-0.1, -0.05) is 0 Å². The fraction of sp³-hybridized carbons (Fsp3) is 0.923.